The normalized spacial score (nSPS) is 16.1. The molecule has 1 aliphatic rings. The molecule has 1 aliphatic heterocycles. The third-order valence-electron chi connectivity index (χ3n) is 4.35. The van der Waals surface area contributed by atoms with Gasteiger partial charge in [0.2, 0.25) is 0 Å². The molecule has 0 atom stereocenters. The van der Waals surface area contributed by atoms with E-state index in [9.17, 15) is 0 Å². The van der Waals surface area contributed by atoms with Crippen LogP contribution in [0.3, 0.4) is 0 Å². The Morgan fingerprint density at radius 2 is 2.00 bits per heavy atom. The maximum atomic E-state index is 5.39. The average molecular weight is 351 g/mol. The number of nitrogens with one attached hydrogen (secondary N) is 2. The molecule has 6 heteroatoms. The van der Waals surface area contributed by atoms with E-state index in [2.05, 4.69) is 22.5 Å². The number of guanidine groups is 1. The second kappa shape index (κ2) is 12.8. The van der Waals surface area contributed by atoms with Crippen LogP contribution in [0, 0.1) is 0 Å². The molecular formula is C19H34N4O2. The topological polar surface area (TPSA) is 62.0 Å². The van der Waals surface area contributed by atoms with Gasteiger partial charge < -0.3 is 19.8 Å². The van der Waals surface area contributed by atoms with Crippen LogP contribution in [0.1, 0.15) is 38.4 Å². The number of morpholine rings is 1. The first-order valence-corrected chi connectivity index (χ1v) is 9.73. The van der Waals surface area contributed by atoms with Gasteiger partial charge in [-0.05, 0) is 18.6 Å². The Morgan fingerprint density at radius 1 is 1.16 bits per heavy atom. The first kappa shape index (κ1) is 19.8. The first-order valence-electron chi connectivity index (χ1n) is 9.73. The molecular weight excluding hydrogens is 316 g/mol. The number of rotatable bonds is 11. The molecule has 1 fully saturated rings. The van der Waals surface area contributed by atoms with Crippen LogP contribution >= 0.6 is 0 Å². The Kier molecular flexibility index (Phi) is 10.1. The Morgan fingerprint density at radius 3 is 2.76 bits per heavy atom. The van der Waals surface area contributed by atoms with Crippen molar-refractivity contribution < 1.29 is 9.15 Å². The molecule has 0 bridgehead atoms. The van der Waals surface area contributed by atoms with Crippen molar-refractivity contribution in [3.05, 3.63) is 24.2 Å². The maximum absolute atomic E-state index is 5.39. The highest BCUT2D eigenvalue weighted by molar-refractivity contribution is 5.79. The summed E-state index contributed by atoms with van der Waals surface area (Å²) < 4.78 is 10.8. The van der Waals surface area contributed by atoms with E-state index in [-0.39, 0.29) is 0 Å². The van der Waals surface area contributed by atoms with Crippen molar-refractivity contribution in [3.63, 3.8) is 0 Å². The van der Waals surface area contributed by atoms with Gasteiger partial charge in [-0.15, -0.1) is 0 Å². The lowest BCUT2D eigenvalue weighted by atomic mass is 10.2. The standard InChI is InChI=1S/C19H34N4O2/c1-2-3-4-5-9-20-19(21-10-8-18-7-6-15-25-18)22-11-12-23-13-16-24-17-14-23/h6-7,15H,2-5,8-14,16-17H2,1H3,(H2,20,21,22). The van der Waals surface area contributed by atoms with Crippen molar-refractivity contribution in [1.29, 1.82) is 0 Å². The van der Waals surface area contributed by atoms with E-state index >= 15 is 0 Å². The lowest BCUT2D eigenvalue weighted by Crippen LogP contribution is -2.44. The third-order valence-corrected chi connectivity index (χ3v) is 4.35. The van der Waals surface area contributed by atoms with E-state index in [0.717, 1.165) is 77.0 Å². The van der Waals surface area contributed by atoms with Gasteiger partial charge in [-0.3, -0.25) is 9.89 Å². The molecule has 1 saturated heterocycles. The Hall–Kier alpha value is -1.53. The van der Waals surface area contributed by atoms with Gasteiger partial charge in [0.1, 0.15) is 5.76 Å². The van der Waals surface area contributed by atoms with Gasteiger partial charge >= 0.3 is 0 Å². The van der Waals surface area contributed by atoms with Gasteiger partial charge in [-0.2, -0.15) is 0 Å². The minimum atomic E-state index is 0.825. The van der Waals surface area contributed by atoms with E-state index in [1.54, 1.807) is 6.26 Å². The number of ether oxygens (including phenoxy) is 1. The molecule has 2 rings (SSSR count). The molecule has 25 heavy (non-hydrogen) atoms. The van der Waals surface area contributed by atoms with Gasteiger partial charge in [-0.1, -0.05) is 26.2 Å². The van der Waals surface area contributed by atoms with E-state index in [0.29, 0.717) is 0 Å². The highest BCUT2D eigenvalue weighted by Gasteiger charge is 2.09. The zero-order valence-electron chi connectivity index (χ0n) is 15.6. The molecule has 0 aromatic carbocycles. The molecule has 0 unspecified atom stereocenters. The van der Waals surface area contributed by atoms with E-state index in [4.69, 9.17) is 14.1 Å². The molecule has 142 valence electrons. The second-order valence-electron chi connectivity index (χ2n) is 6.43. The quantitative estimate of drug-likeness (QED) is 0.364. The first-order chi connectivity index (χ1) is 12.4. The van der Waals surface area contributed by atoms with E-state index in [1.807, 2.05) is 12.1 Å². The van der Waals surface area contributed by atoms with Crippen LogP contribution in [0.15, 0.2) is 27.8 Å². The van der Waals surface area contributed by atoms with Crippen molar-refractivity contribution in [1.82, 2.24) is 15.5 Å². The summed E-state index contributed by atoms with van der Waals surface area (Å²) in [4.78, 5) is 7.15. The summed E-state index contributed by atoms with van der Waals surface area (Å²) in [5, 5.41) is 6.89. The van der Waals surface area contributed by atoms with Crippen LogP contribution in [0.5, 0.6) is 0 Å². The van der Waals surface area contributed by atoms with Crippen LogP contribution in [-0.4, -0.2) is 63.3 Å². The van der Waals surface area contributed by atoms with Gasteiger partial charge in [0.05, 0.1) is 19.5 Å². The summed E-state index contributed by atoms with van der Waals surface area (Å²) in [6.45, 7) is 9.62. The molecule has 0 aliphatic carbocycles. The van der Waals surface area contributed by atoms with Crippen molar-refractivity contribution in [2.75, 3.05) is 52.5 Å². The van der Waals surface area contributed by atoms with Crippen molar-refractivity contribution >= 4 is 5.96 Å². The SMILES string of the molecule is CCCCCCN=C(NCCc1ccco1)NCCN1CCOCC1. The predicted octanol–water partition coefficient (Wildman–Crippen LogP) is 2.27. The lowest BCUT2D eigenvalue weighted by molar-refractivity contribution is 0.0389. The monoisotopic (exact) mass is 350 g/mol. The van der Waals surface area contributed by atoms with Crippen LogP contribution < -0.4 is 10.6 Å². The van der Waals surface area contributed by atoms with Crippen molar-refractivity contribution in [2.24, 2.45) is 4.99 Å². The largest absolute Gasteiger partial charge is 0.469 e. The minimum absolute atomic E-state index is 0.825. The smallest absolute Gasteiger partial charge is 0.191 e. The molecule has 2 N–H and O–H groups in total. The molecule has 0 radical (unpaired) electrons. The van der Waals surface area contributed by atoms with E-state index in [1.165, 1.54) is 19.3 Å². The summed E-state index contributed by atoms with van der Waals surface area (Å²) in [7, 11) is 0. The van der Waals surface area contributed by atoms with Crippen molar-refractivity contribution in [3.8, 4) is 0 Å². The highest BCUT2D eigenvalue weighted by atomic mass is 16.5. The van der Waals surface area contributed by atoms with Gasteiger partial charge in [0.15, 0.2) is 5.96 Å². The minimum Gasteiger partial charge on any atom is -0.469 e. The third kappa shape index (κ3) is 8.93. The molecule has 0 amide bonds. The summed E-state index contributed by atoms with van der Waals surface area (Å²) in [5.41, 5.74) is 0. The number of aliphatic imine (C=N–C) groups is 1. The molecule has 1 aromatic heterocycles. The van der Waals surface area contributed by atoms with E-state index < -0.39 is 0 Å². The lowest BCUT2D eigenvalue weighted by Gasteiger charge is -2.26. The number of furan rings is 1. The Balaban J connectivity index is 1.68. The average Bonchev–Trinajstić information content (AvgIpc) is 3.15. The van der Waals surface area contributed by atoms with Crippen molar-refractivity contribution in [2.45, 2.75) is 39.0 Å². The molecule has 2 heterocycles. The van der Waals surface area contributed by atoms with Gasteiger partial charge in [-0.25, -0.2) is 0 Å². The molecule has 6 nitrogen and oxygen atoms in total. The summed E-state index contributed by atoms with van der Waals surface area (Å²) in [6, 6.07) is 3.94. The Bertz CT molecular complexity index is 456. The van der Waals surface area contributed by atoms with Crippen LogP contribution in [-0.2, 0) is 11.2 Å². The summed E-state index contributed by atoms with van der Waals surface area (Å²) >= 11 is 0. The zero-order valence-corrected chi connectivity index (χ0v) is 15.6. The molecule has 0 saturated carbocycles. The maximum Gasteiger partial charge on any atom is 0.191 e. The summed E-state index contributed by atoms with van der Waals surface area (Å²) in [6.07, 6.45) is 7.55. The predicted molar refractivity (Wildman–Crippen MR) is 102 cm³/mol. The van der Waals surface area contributed by atoms with Gasteiger partial charge in [0, 0.05) is 45.7 Å². The summed E-state index contributed by atoms with van der Waals surface area (Å²) in [5.74, 6) is 1.92. The number of unbranched alkanes of at least 4 members (excludes halogenated alkanes) is 3. The fraction of sp³-hybridized carbons (Fsp3) is 0.737. The van der Waals surface area contributed by atoms with Crippen LogP contribution in [0.25, 0.3) is 0 Å². The highest BCUT2D eigenvalue weighted by Crippen LogP contribution is 2.00. The number of hydrogen-bond acceptors (Lipinski definition) is 4. The van der Waals surface area contributed by atoms with Crippen LogP contribution in [0.4, 0.5) is 0 Å². The Labute approximate surface area is 152 Å². The number of hydrogen-bond donors (Lipinski definition) is 2. The molecule has 0 spiro atoms. The fourth-order valence-corrected chi connectivity index (χ4v) is 2.82. The fourth-order valence-electron chi connectivity index (χ4n) is 2.82. The second-order valence-corrected chi connectivity index (χ2v) is 6.43. The zero-order chi connectivity index (χ0) is 17.6. The van der Waals surface area contributed by atoms with Gasteiger partial charge in [0.25, 0.3) is 0 Å². The number of nitrogens with zero attached hydrogens (tertiary/aromatic N) is 2. The van der Waals surface area contributed by atoms with Crippen LogP contribution in [0.2, 0.25) is 0 Å². The molecule has 1 aromatic rings.